The molecule has 42 heavy (non-hydrogen) atoms. The summed E-state index contributed by atoms with van der Waals surface area (Å²) < 4.78 is 2.56. The standard InChI is InChI=1S/C29H37N7O6/c1-30-28(41)23(37)6-5-20(32-27(40)22-7-8-31-35(22)2)26(39)33-21-4-3-9-36(29(21)42)15-24(38)34-25-18-11-16-10-17(13-18)14-19(25)12-16/h3-4,7-9,16-20,25H,5-6,10-15H2,1-2H3,(H,30,41)(H,32,40)(H,33,39)(H,34,38)/t16?,17?,18?,19?,20-,25?/m0/s1. The molecule has 0 spiro atoms. The maximum atomic E-state index is 13.3. The van der Waals surface area contributed by atoms with Gasteiger partial charge in [-0.3, -0.25) is 33.4 Å². The molecule has 0 aromatic carbocycles. The first-order valence-electron chi connectivity index (χ1n) is 14.5. The van der Waals surface area contributed by atoms with Crippen LogP contribution >= 0.6 is 0 Å². The Morgan fingerprint density at radius 2 is 1.71 bits per heavy atom. The van der Waals surface area contributed by atoms with Crippen LogP contribution in [0.15, 0.2) is 35.4 Å². The summed E-state index contributed by atoms with van der Waals surface area (Å²) >= 11 is 0. The van der Waals surface area contributed by atoms with E-state index in [4.69, 9.17) is 0 Å². The lowest BCUT2D eigenvalue weighted by atomic mass is 9.54. The second-order valence-corrected chi connectivity index (χ2v) is 11.8. The molecule has 13 heteroatoms. The van der Waals surface area contributed by atoms with Gasteiger partial charge in [0.2, 0.25) is 17.6 Å². The number of anilines is 1. The van der Waals surface area contributed by atoms with E-state index in [0.29, 0.717) is 11.8 Å². The molecule has 0 unspecified atom stereocenters. The Hall–Kier alpha value is -4.29. The van der Waals surface area contributed by atoms with Gasteiger partial charge in [-0.05, 0) is 80.4 Å². The second-order valence-electron chi connectivity index (χ2n) is 11.8. The van der Waals surface area contributed by atoms with Gasteiger partial charge in [0.15, 0.2) is 0 Å². The van der Waals surface area contributed by atoms with Crippen LogP contribution in [0.5, 0.6) is 0 Å². The summed E-state index contributed by atoms with van der Waals surface area (Å²) in [5, 5.41) is 14.5. The molecule has 4 amide bonds. The number of hydrogen-bond acceptors (Lipinski definition) is 7. The van der Waals surface area contributed by atoms with Gasteiger partial charge in [-0.15, -0.1) is 0 Å². The van der Waals surface area contributed by atoms with Crippen molar-refractivity contribution >= 4 is 35.1 Å². The van der Waals surface area contributed by atoms with Crippen LogP contribution in [0, 0.1) is 23.7 Å². The highest BCUT2D eigenvalue weighted by atomic mass is 16.2. The largest absolute Gasteiger partial charge is 0.353 e. The van der Waals surface area contributed by atoms with E-state index in [1.807, 2.05) is 0 Å². The zero-order chi connectivity index (χ0) is 30.0. The van der Waals surface area contributed by atoms with E-state index in [0.717, 1.165) is 37.5 Å². The quantitative estimate of drug-likeness (QED) is 0.278. The van der Waals surface area contributed by atoms with Crippen LogP contribution in [-0.4, -0.2) is 62.9 Å². The fourth-order valence-electron chi connectivity index (χ4n) is 7.15. The fraction of sp³-hybridized carbons (Fsp3) is 0.552. The number of carbonyl (C=O) groups excluding carboxylic acids is 5. The molecular formula is C29H37N7O6. The molecule has 2 aromatic heterocycles. The normalized spacial score (nSPS) is 24.5. The van der Waals surface area contributed by atoms with Gasteiger partial charge >= 0.3 is 0 Å². The van der Waals surface area contributed by atoms with Crippen molar-refractivity contribution in [2.45, 2.75) is 63.6 Å². The van der Waals surface area contributed by atoms with Gasteiger partial charge in [0.25, 0.3) is 17.4 Å². The van der Waals surface area contributed by atoms with Crippen LogP contribution in [-0.2, 0) is 32.8 Å². The van der Waals surface area contributed by atoms with Gasteiger partial charge in [0.05, 0.1) is 0 Å². The summed E-state index contributed by atoms with van der Waals surface area (Å²) in [6, 6.07) is 3.32. The molecule has 4 saturated carbocycles. The molecule has 4 aliphatic carbocycles. The number of hydrogen-bond donors (Lipinski definition) is 4. The number of nitrogens with zero attached hydrogens (tertiary/aromatic N) is 3. The summed E-state index contributed by atoms with van der Waals surface area (Å²) in [5.41, 5.74) is -0.482. The Morgan fingerprint density at radius 3 is 2.33 bits per heavy atom. The van der Waals surface area contributed by atoms with Crippen molar-refractivity contribution in [2.24, 2.45) is 30.7 Å². The van der Waals surface area contributed by atoms with Gasteiger partial charge in [-0.1, -0.05) is 0 Å². The van der Waals surface area contributed by atoms with Gasteiger partial charge in [-0.25, -0.2) is 0 Å². The van der Waals surface area contributed by atoms with E-state index in [1.165, 1.54) is 47.2 Å². The fourth-order valence-corrected chi connectivity index (χ4v) is 7.15. The molecule has 2 aromatic rings. The van der Waals surface area contributed by atoms with Crippen molar-refractivity contribution in [1.29, 1.82) is 0 Å². The van der Waals surface area contributed by atoms with E-state index in [9.17, 15) is 28.8 Å². The van der Waals surface area contributed by atoms with Gasteiger partial charge in [0.1, 0.15) is 24.0 Å². The van der Waals surface area contributed by atoms with Crippen molar-refractivity contribution in [1.82, 2.24) is 30.3 Å². The predicted molar refractivity (Wildman–Crippen MR) is 151 cm³/mol. The summed E-state index contributed by atoms with van der Waals surface area (Å²) in [4.78, 5) is 76.0. The summed E-state index contributed by atoms with van der Waals surface area (Å²) in [7, 11) is 2.88. The number of carbonyl (C=O) groups is 5. The number of aromatic nitrogens is 3. The minimum absolute atomic E-state index is 0.0812. The van der Waals surface area contributed by atoms with Crippen molar-refractivity contribution in [2.75, 3.05) is 12.4 Å². The summed E-state index contributed by atoms with van der Waals surface area (Å²) in [6.45, 7) is -0.188. The predicted octanol–water partition coefficient (Wildman–Crippen LogP) is 0.355. The van der Waals surface area contributed by atoms with Crippen LogP contribution in [0.25, 0.3) is 0 Å². The summed E-state index contributed by atoms with van der Waals surface area (Å²) in [5.74, 6) is -0.610. The Kier molecular flexibility index (Phi) is 8.55. The molecule has 4 bridgehead atoms. The highest BCUT2D eigenvalue weighted by Gasteiger charge is 2.48. The van der Waals surface area contributed by atoms with Crippen molar-refractivity contribution in [3.63, 3.8) is 0 Å². The van der Waals surface area contributed by atoms with Crippen LogP contribution in [0.4, 0.5) is 5.69 Å². The lowest BCUT2D eigenvalue weighted by Crippen LogP contribution is -2.56. The van der Waals surface area contributed by atoms with Crippen molar-refractivity contribution < 1.29 is 24.0 Å². The maximum absolute atomic E-state index is 13.3. The van der Waals surface area contributed by atoms with E-state index in [1.54, 1.807) is 13.1 Å². The van der Waals surface area contributed by atoms with E-state index < -0.39 is 35.1 Å². The van der Waals surface area contributed by atoms with Crippen LogP contribution in [0.1, 0.15) is 55.4 Å². The third kappa shape index (κ3) is 6.29. The highest BCUT2D eigenvalue weighted by Crippen LogP contribution is 2.53. The Balaban J connectivity index is 1.25. The molecule has 0 aliphatic heterocycles. The Labute approximate surface area is 242 Å². The average Bonchev–Trinajstić information content (AvgIpc) is 3.39. The van der Waals surface area contributed by atoms with Crippen molar-refractivity contribution in [3.05, 3.63) is 46.6 Å². The first-order chi connectivity index (χ1) is 20.1. The zero-order valence-electron chi connectivity index (χ0n) is 23.8. The number of nitrogens with one attached hydrogen (secondary N) is 4. The van der Waals surface area contributed by atoms with E-state index in [2.05, 4.69) is 26.4 Å². The number of amides is 4. The Morgan fingerprint density at radius 1 is 1.02 bits per heavy atom. The second kappa shape index (κ2) is 12.3. The van der Waals surface area contributed by atoms with Crippen LogP contribution in [0.2, 0.25) is 0 Å². The number of ketones is 1. The van der Waals surface area contributed by atoms with Gasteiger partial charge in [0, 0.05) is 39.0 Å². The molecular weight excluding hydrogens is 542 g/mol. The molecule has 4 N–H and O–H groups in total. The molecule has 13 nitrogen and oxygen atoms in total. The minimum Gasteiger partial charge on any atom is -0.353 e. The van der Waals surface area contributed by atoms with Crippen molar-refractivity contribution in [3.8, 4) is 0 Å². The van der Waals surface area contributed by atoms with Crippen LogP contribution < -0.4 is 26.8 Å². The number of likely N-dealkylation sites (N-methyl/N-ethyl adjacent to an activating group) is 1. The third-order valence-corrected chi connectivity index (χ3v) is 8.96. The Bertz CT molecular complexity index is 1420. The molecule has 1 atom stereocenters. The molecule has 4 aliphatic rings. The van der Waals surface area contributed by atoms with E-state index in [-0.39, 0.29) is 42.7 Å². The molecule has 2 heterocycles. The monoisotopic (exact) mass is 579 g/mol. The van der Waals surface area contributed by atoms with Gasteiger partial charge in [-0.2, -0.15) is 5.10 Å². The zero-order valence-corrected chi connectivity index (χ0v) is 23.8. The maximum Gasteiger partial charge on any atom is 0.287 e. The molecule has 224 valence electrons. The van der Waals surface area contributed by atoms with Crippen LogP contribution in [0.3, 0.4) is 0 Å². The lowest BCUT2D eigenvalue weighted by molar-refractivity contribution is -0.137. The topological polar surface area (TPSA) is 173 Å². The number of Topliss-reactive ketones (excluding diaryl/α,β-unsaturated/α-hetero) is 1. The number of pyridine rings is 1. The summed E-state index contributed by atoms with van der Waals surface area (Å²) in [6.07, 6.45) is 8.37. The smallest absolute Gasteiger partial charge is 0.287 e. The molecule has 6 rings (SSSR count). The van der Waals surface area contributed by atoms with Gasteiger partial charge < -0.3 is 25.8 Å². The number of rotatable bonds is 11. The lowest BCUT2D eigenvalue weighted by Gasteiger charge is -2.54. The number of aryl methyl sites for hydroxylation is 1. The first kappa shape index (κ1) is 29.2. The molecule has 0 saturated heterocycles. The third-order valence-electron chi connectivity index (χ3n) is 8.96. The van der Waals surface area contributed by atoms with E-state index >= 15 is 0 Å². The average molecular weight is 580 g/mol. The first-order valence-corrected chi connectivity index (χ1v) is 14.5. The SMILES string of the molecule is CNC(=O)C(=O)CC[C@H](NC(=O)c1ccnn1C)C(=O)Nc1cccn(CC(=O)NC2C3CC4CC(C3)CC2C4)c1=O. The molecule has 4 fully saturated rings. The minimum atomic E-state index is -1.24. The molecule has 0 radical (unpaired) electrons. The highest BCUT2D eigenvalue weighted by molar-refractivity contribution is 6.36.